The van der Waals surface area contributed by atoms with E-state index >= 15 is 0 Å². The first kappa shape index (κ1) is 19.1. The van der Waals surface area contributed by atoms with Crippen LogP contribution >= 0.6 is 0 Å². The van der Waals surface area contributed by atoms with Crippen molar-refractivity contribution in [1.82, 2.24) is 25.5 Å². The molecule has 0 saturated heterocycles. The smallest absolute Gasteiger partial charge is 0.236 e. The maximum absolute atomic E-state index is 12.6. The lowest BCUT2D eigenvalue weighted by Gasteiger charge is -2.19. The number of hydrogen-bond donors (Lipinski definition) is 1. The third kappa shape index (κ3) is 4.27. The van der Waals surface area contributed by atoms with Gasteiger partial charge in [0.05, 0.1) is 23.5 Å². The highest BCUT2D eigenvalue weighted by atomic mass is 32.2. The highest BCUT2D eigenvalue weighted by Crippen LogP contribution is 2.29. The van der Waals surface area contributed by atoms with Crippen molar-refractivity contribution in [3.05, 3.63) is 66.0 Å². The first-order chi connectivity index (χ1) is 14.0. The molecule has 1 N–H and O–H groups in total. The zero-order valence-electron chi connectivity index (χ0n) is 15.6. The molecule has 0 atom stereocenters. The van der Waals surface area contributed by atoms with Crippen LogP contribution in [0.2, 0.25) is 0 Å². The lowest BCUT2D eigenvalue weighted by molar-refractivity contribution is -0.120. The third-order valence-corrected chi connectivity index (χ3v) is 6.55. The summed E-state index contributed by atoms with van der Waals surface area (Å²) in [6.07, 6.45) is 2.37. The summed E-state index contributed by atoms with van der Waals surface area (Å²) in [7, 11) is -3.48. The van der Waals surface area contributed by atoms with E-state index < -0.39 is 10.0 Å². The van der Waals surface area contributed by atoms with Gasteiger partial charge >= 0.3 is 0 Å². The molecule has 9 nitrogen and oxygen atoms in total. The minimum atomic E-state index is -3.48. The Balaban J connectivity index is 1.29. The van der Waals surface area contributed by atoms with E-state index in [4.69, 9.17) is 0 Å². The fourth-order valence-electron chi connectivity index (χ4n) is 3.32. The number of para-hydroxylation sites is 1. The van der Waals surface area contributed by atoms with Gasteiger partial charge in [-0.05, 0) is 46.2 Å². The van der Waals surface area contributed by atoms with E-state index in [0.717, 1.165) is 22.5 Å². The summed E-state index contributed by atoms with van der Waals surface area (Å²) in [5.41, 5.74) is 3.37. The van der Waals surface area contributed by atoms with E-state index in [2.05, 4.69) is 20.8 Å². The van der Waals surface area contributed by atoms with Gasteiger partial charge in [-0.3, -0.25) is 9.10 Å². The van der Waals surface area contributed by atoms with Crippen molar-refractivity contribution in [1.29, 1.82) is 0 Å². The highest BCUT2D eigenvalue weighted by molar-refractivity contribution is 7.92. The maximum Gasteiger partial charge on any atom is 0.236 e. The van der Waals surface area contributed by atoms with Gasteiger partial charge in [-0.25, -0.2) is 13.1 Å². The largest absolute Gasteiger partial charge is 0.355 e. The predicted octanol–water partition coefficient (Wildman–Crippen LogP) is 0.714. The first-order valence-corrected chi connectivity index (χ1v) is 10.8. The first-order valence-electron chi connectivity index (χ1n) is 9.20. The molecule has 0 fully saturated rings. The molecule has 1 aliphatic rings. The van der Waals surface area contributed by atoms with E-state index in [1.165, 1.54) is 15.3 Å². The number of fused-ring (bicyclic) bond motifs is 1. The van der Waals surface area contributed by atoms with Crippen molar-refractivity contribution in [2.24, 2.45) is 0 Å². The van der Waals surface area contributed by atoms with Gasteiger partial charge in [0.15, 0.2) is 0 Å². The Morgan fingerprint density at radius 3 is 2.66 bits per heavy atom. The van der Waals surface area contributed by atoms with Gasteiger partial charge in [-0.15, -0.1) is 5.10 Å². The molecule has 1 aliphatic heterocycles. The summed E-state index contributed by atoms with van der Waals surface area (Å²) in [4.78, 5) is 12.2. The van der Waals surface area contributed by atoms with Crippen molar-refractivity contribution < 1.29 is 13.2 Å². The predicted molar refractivity (Wildman–Crippen MR) is 107 cm³/mol. The number of tetrazole rings is 1. The van der Waals surface area contributed by atoms with Gasteiger partial charge in [0.2, 0.25) is 15.9 Å². The van der Waals surface area contributed by atoms with Crippen LogP contribution in [0, 0.1) is 0 Å². The third-order valence-electron chi connectivity index (χ3n) is 4.78. The summed E-state index contributed by atoms with van der Waals surface area (Å²) >= 11 is 0. The van der Waals surface area contributed by atoms with Crippen LogP contribution in [0.15, 0.2) is 54.9 Å². The average Bonchev–Trinajstić information content (AvgIpc) is 3.39. The van der Waals surface area contributed by atoms with Crippen LogP contribution in [0.1, 0.15) is 11.1 Å². The molecule has 0 saturated carbocycles. The van der Waals surface area contributed by atoms with Gasteiger partial charge in [-0.2, -0.15) is 0 Å². The summed E-state index contributed by atoms with van der Waals surface area (Å²) in [5, 5.41) is 13.7. The number of benzene rings is 2. The number of sulfonamides is 1. The van der Waals surface area contributed by atoms with E-state index in [9.17, 15) is 13.2 Å². The molecule has 0 unspecified atom stereocenters. The van der Waals surface area contributed by atoms with Gasteiger partial charge < -0.3 is 5.32 Å². The molecular weight excluding hydrogens is 392 g/mol. The number of aromatic nitrogens is 4. The van der Waals surface area contributed by atoms with Crippen molar-refractivity contribution in [3.8, 4) is 5.69 Å². The SMILES string of the molecule is O=C(Cc1ccc(-n2cnnn2)cc1)NCCS(=O)(=O)N1CCc2ccccc21. The van der Waals surface area contributed by atoms with E-state index in [0.29, 0.717) is 13.0 Å². The molecule has 0 bridgehead atoms. The van der Waals surface area contributed by atoms with E-state index in [1.807, 2.05) is 48.5 Å². The average molecular weight is 412 g/mol. The molecule has 1 aromatic heterocycles. The van der Waals surface area contributed by atoms with Gasteiger partial charge in [0.1, 0.15) is 6.33 Å². The molecular formula is C19H20N6O3S. The van der Waals surface area contributed by atoms with Gasteiger partial charge in [0.25, 0.3) is 0 Å². The van der Waals surface area contributed by atoms with Crippen LogP contribution in [0.4, 0.5) is 5.69 Å². The van der Waals surface area contributed by atoms with Gasteiger partial charge in [0, 0.05) is 13.1 Å². The standard InChI is InChI=1S/C19H20N6O3S/c26-19(13-15-5-7-17(8-6-15)24-14-21-22-23-24)20-10-12-29(27,28)25-11-9-16-3-1-2-4-18(16)25/h1-8,14H,9-13H2,(H,20,26). The number of nitrogens with zero attached hydrogens (tertiary/aromatic N) is 5. The molecule has 2 aromatic carbocycles. The maximum atomic E-state index is 12.6. The number of carbonyl (C=O) groups is 1. The number of nitrogens with one attached hydrogen (secondary N) is 1. The Hall–Kier alpha value is -3.27. The summed E-state index contributed by atoms with van der Waals surface area (Å²) < 4.78 is 28.2. The van der Waals surface area contributed by atoms with Crippen LogP contribution in [0.5, 0.6) is 0 Å². The van der Waals surface area contributed by atoms with E-state index in [1.54, 1.807) is 0 Å². The Kier molecular flexibility index (Phi) is 5.26. The Bertz CT molecular complexity index is 1100. The zero-order chi connectivity index (χ0) is 20.3. The Labute approximate surface area is 168 Å². The molecule has 150 valence electrons. The van der Waals surface area contributed by atoms with Crippen LogP contribution in [-0.2, 0) is 27.7 Å². The fourth-order valence-corrected chi connectivity index (χ4v) is 4.75. The second-order valence-corrected chi connectivity index (χ2v) is 8.73. The molecule has 0 spiro atoms. The molecule has 29 heavy (non-hydrogen) atoms. The van der Waals surface area contributed by atoms with Crippen molar-refractivity contribution in [2.45, 2.75) is 12.8 Å². The van der Waals surface area contributed by atoms with Crippen molar-refractivity contribution >= 4 is 21.6 Å². The number of amides is 1. The fraction of sp³-hybridized carbons (Fsp3) is 0.263. The molecule has 3 aromatic rings. The molecule has 4 rings (SSSR count). The monoisotopic (exact) mass is 412 g/mol. The normalized spacial score (nSPS) is 13.3. The lowest BCUT2D eigenvalue weighted by atomic mass is 10.1. The number of hydrogen-bond acceptors (Lipinski definition) is 6. The molecule has 1 amide bonds. The summed E-state index contributed by atoms with van der Waals surface area (Å²) in [5.74, 6) is -0.358. The lowest BCUT2D eigenvalue weighted by Crippen LogP contribution is -2.37. The molecule has 0 aliphatic carbocycles. The number of anilines is 1. The van der Waals surface area contributed by atoms with Crippen molar-refractivity contribution in [2.75, 3.05) is 23.1 Å². The van der Waals surface area contributed by atoms with E-state index in [-0.39, 0.29) is 24.6 Å². The van der Waals surface area contributed by atoms with Crippen molar-refractivity contribution in [3.63, 3.8) is 0 Å². The Morgan fingerprint density at radius 1 is 1.10 bits per heavy atom. The quantitative estimate of drug-likeness (QED) is 0.612. The highest BCUT2D eigenvalue weighted by Gasteiger charge is 2.28. The zero-order valence-corrected chi connectivity index (χ0v) is 16.4. The minimum Gasteiger partial charge on any atom is -0.355 e. The summed E-state index contributed by atoms with van der Waals surface area (Å²) in [6, 6.07) is 14.8. The molecule has 0 radical (unpaired) electrons. The van der Waals surface area contributed by atoms with Crippen LogP contribution in [-0.4, -0.2) is 53.4 Å². The Morgan fingerprint density at radius 2 is 1.90 bits per heavy atom. The van der Waals surface area contributed by atoms with Gasteiger partial charge in [-0.1, -0.05) is 30.3 Å². The second-order valence-electron chi connectivity index (χ2n) is 6.71. The molecule has 2 heterocycles. The minimum absolute atomic E-state index is 0.0720. The number of carbonyl (C=O) groups excluding carboxylic acids is 1. The van der Waals surface area contributed by atoms with Crippen LogP contribution in [0.25, 0.3) is 5.69 Å². The number of rotatable bonds is 7. The van der Waals surface area contributed by atoms with Crippen LogP contribution < -0.4 is 9.62 Å². The molecule has 10 heteroatoms. The topological polar surface area (TPSA) is 110 Å². The summed E-state index contributed by atoms with van der Waals surface area (Å²) in [6.45, 7) is 0.520. The van der Waals surface area contributed by atoms with Crippen LogP contribution in [0.3, 0.4) is 0 Å². The second kappa shape index (κ2) is 8.00.